The molecule has 0 fully saturated rings. The minimum Gasteiger partial charge on any atom is -0.497 e. The topological polar surface area (TPSA) is 73.6 Å². The predicted molar refractivity (Wildman–Crippen MR) is 86.1 cm³/mol. The zero-order valence-electron chi connectivity index (χ0n) is 11.6. The van der Waals surface area contributed by atoms with Gasteiger partial charge in [0.25, 0.3) is 5.91 Å². The molecule has 0 saturated heterocycles. The van der Waals surface area contributed by atoms with Crippen LogP contribution in [-0.4, -0.2) is 20.1 Å². The molecule has 3 N–H and O–H groups in total. The standard InChI is InChI=1S/C15H15BrN2O3/c1-20-12-6-9(5-11(17)8-12)15(19)18-13-7-10(16)3-4-14(13)21-2/h3-8H,17H2,1-2H3,(H,18,19). The Morgan fingerprint density at radius 2 is 1.90 bits per heavy atom. The summed E-state index contributed by atoms with van der Waals surface area (Å²) in [7, 11) is 3.07. The van der Waals surface area contributed by atoms with E-state index in [1.165, 1.54) is 7.11 Å². The second-order valence-electron chi connectivity index (χ2n) is 4.29. The van der Waals surface area contributed by atoms with Crippen molar-refractivity contribution < 1.29 is 14.3 Å². The van der Waals surface area contributed by atoms with Gasteiger partial charge in [-0.2, -0.15) is 0 Å². The lowest BCUT2D eigenvalue weighted by Gasteiger charge is -2.11. The van der Waals surface area contributed by atoms with E-state index in [-0.39, 0.29) is 5.91 Å². The van der Waals surface area contributed by atoms with Gasteiger partial charge in [0, 0.05) is 21.8 Å². The average Bonchev–Trinajstić information content (AvgIpc) is 2.46. The lowest BCUT2D eigenvalue weighted by Crippen LogP contribution is -2.13. The quantitative estimate of drug-likeness (QED) is 0.829. The number of methoxy groups -OCH3 is 2. The number of carbonyl (C=O) groups excluding carboxylic acids is 1. The molecule has 0 aliphatic rings. The Hall–Kier alpha value is -2.21. The lowest BCUT2D eigenvalue weighted by molar-refractivity contribution is 0.102. The van der Waals surface area contributed by atoms with Gasteiger partial charge in [-0.05, 0) is 30.3 Å². The van der Waals surface area contributed by atoms with Gasteiger partial charge in [0.2, 0.25) is 0 Å². The summed E-state index contributed by atoms with van der Waals surface area (Å²) in [5.74, 6) is 0.806. The van der Waals surface area contributed by atoms with Crippen molar-refractivity contribution in [3.63, 3.8) is 0 Å². The number of nitrogens with two attached hydrogens (primary N) is 1. The van der Waals surface area contributed by atoms with Crippen molar-refractivity contribution in [2.75, 3.05) is 25.3 Å². The van der Waals surface area contributed by atoms with Crippen molar-refractivity contribution in [2.24, 2.45) is 0 Å². The average molecular weight is 351 g/mol. The van der Waals surface area contributed by atoms with Crippen LogP contribution in [0, 0.1) is 0 Å². The first kappa shape index (κ1) is 15.2. The van der Waals surface area contributed by atoms with E-state index in [1.54, 1.807) is 37.4 Å². The molecule has 0 spiro atoms. The molecule has 0 saturated carbocycles. The van der Waals surface area contributed by atoms with Crippen LogP contribution in [0.25, 0.3) is 0 Å². The first-order valence-corrected chi connectivity index (χ1v) is 6.92. The summed E-state index contributed by atoms with van der Waals surface area (Å²) in [5, 5.41) is 2.79. The number of halogens is 1. The van der Waals surface area contributed by atoms with Gasteiger partial charge < -0.3 is 20.5 Å². The highest BCUT2D eigenvalue weighted by Gasteiger charge is 2.12. The number of ether oxygens (including phenoxy) is 2. The monoisotopic (exact) mass is 350 g/mol. The molecule has 0 bridgehead atoms. The normalized spacial score (nSPS) is 10.0. The van der Waals surface area contributed by atoms with Crippen LogP contribution in [0.1, 0.15) is 10.4 Å². The van der Waals surface area contributed by atoms with Crippen LogP contribution in [0.15, 0.2) is 40.9 Å². The zero-order valence-corrected chi connectivity index (χ0v) is 13.2. The number of hydrogen-bond donors (Lipinski definition) is 2. The third kappa shape index (κ3) is 3.66. The van der Waals surface area contributed by atoms with E-state index in [1.807, 2.05) is 6.07 Å². The van der Waals surface area contributed by atoms with Crippen LogP contribution in [0.5, 0.6) is 11.5 Å². The summed E-state index contributed by atoms with van der Waals surface area (Å²) in [5.41, 5.74) is 7.19. The van der Waals surface area contributed by atoms with Crippen LogP contribution in [0.2, 0.25) is 0 Å². The van der Waals surface area contributed by atoms with Crippen LogP contribution in [-0.2, 0) is 0 Å². The molecule has 0 unspecified atom stereocenters. The van der Waals surface area contributed by atoms with Gasteiger partial charge in [-0.25, -0.2) is 0 Å². The van der Waals surface area contributed by atoms with Crippen molar-refractivity contribution in [1.82, 2.24) is 0 Å². The SMILES string of the molecule is COc1cc(N)cc(C(=O)Nc2cc(Br)ccc2OC)c1. The van der Waals surface area contributed by atoms with Crippen LogP contribution >= 0.6 is 15.9 Å². The molecule has 0 radical (unpaired) electrons. The maximum Gasteiger partial charge on any atom is 0.255 e. The van der Waals surface area contributed by atoms with Crippen LogP contribution in [0.4, 0.5) is 11.4 Å². The van der Waals surface area contributed by atoms with Gasteiger partial charge in [0.05, 0.1) is 19.9 Å². The molecule has 6 heteroatoms. The fraction of sp³-hybridized carbons (Fsp3) is 0.133. The summed E-state index contributed by atoms with van der Waals surface area (Å²) in [6, 6.07) is 10.2. The van der Waals surface area contributed by atoms with E-state index in [9.17, 15) is 4.79 Å². The van der Waals surface area contributed by atoms with E-state index >= 15 is 0 Å². The van der Waals surface area contributed by atoms with Crippen molar-refractivity contribution in [2.45, 2.75) is 0 Å². The summed E-state index contributed by atoms with van der Waals surface area (Å²) in [6.07, 6.45) is 0. The van der Waals surface area contributed by atoms with Gasteiger partial charge in [-0.3, -0.25) is 4.79 Å². The first-order chi connectivity index (χ1) is 10.0. The highest BCUT2D eigenvalue weighted by molar-refractivity contribution is 9.10. The number of nitrogens with one attached hydrogen (secondary N) is 1. The lowest BCUT2D eigenvalue weighted by atomic mass is 10.1. The summed E-state index contributed by atoms with van der Waals surface area (Å²) < 4.78 is 11.2. The number of amides is 1. The molecule has 0 aliphatic carbocycles. The Bertz CT molecular complexity index is 674. The molecule has 110 valence electrons. The number of benzene rings is 2. The largest absolute Gasteiger partial charge is 0.497 e. The molecular weight excluding hydrogens is 336 g/mol. The molecule has 1 amide bonds. The molecular formula is C15H15BrN2O3. The van der Waals surface area contributed by atoms with Gasteiger partial charge >= 0.3 is 0 Å². The molecule has 2 aromatic rings. The number of rotatable bonds is 4. The minimum atomic E-state index is -0.294. The molecule has 21 heavy (non-hydrogen) atoms. The Morgan fingerprint density at radius 1 is 1.14 bits per heavy atom. The fourth-order valence-corrected chi connectivity index (χ4v) is 2.20. The Kier molecular flexibility index (Phi) is 4.70. The highest BCUT2D eigenvalue weighted by Crippen LogP contribution is 2.29. The van der Waals surface area contributed by atoms with Crippen molar-refractivity contribution in [3.05, 3.63) is 46.4 Å². The van der Waals surface area contributed by atoms with E-state index < -0.39 is 0 Å². The van der Waals surface area contributed by atoms with Crippen molar-refractivity contribution in [1.29, 1.82) is 0 Å². The van der Waals surface area contributed by atoms with E-state index in [0.29, 0.717) is 28.4 Å². The molecule has 0 aromatic heterocycles. The van der Waals surface area contributed by atoms with Gasteiger partial charge in [0.1, 0.15) is 11.5 Å². The van der Waals surface area contributed by atoms with Crippen molar-refractivity contribution >= 4 is 33.2 Å². The van der Waals surface area contributed by atoms with E-state index in [4.69, 9.17) is 15.2 Å². The third-order valence-electron chi connectivity index (χ3n) is 2.84. The summed E-state index contributed by atoms with van der Waals surface area (Å²) in [4.78, 5) is 12.3. The molecule has 0 heterocycles. The minimum absolute atomic E-state index is 0.294. The number of nitrogen functional groups attached to an aromatic ring is 1. The second-order valence-corrected chi connectivity index (χ2v) is 5.21. The number of anilines is 2. The third-order valence-corrected chi connectivity index (χ3v) is 3.33. The first-order valence-electron chi connectivity index (χ1n) is 6.13. The molecule has 5 nitrogen and oxygen atoms in total. The Morgan fingerprint density at radius 3 is 2.57 bits per heavy atom. The molecule has 2 rings (SSSR count). The fourth-order valence-electron chi connectivity index (χ4n) is 1.84. The smallest absolute Gasteiger partial charge is 0.255 e. The zero-order chi connectivity index (χ0) is 15.4. The highest BCUT2D eigenvalue weighted by atomic mass is 79.9. The number of carbonyl (C=O) groups is 1. The van der Waals surface area contributed by atoms with E-state index in [0.717, 1.165) is 4.47 Å². The maximum absolute atomic E-state index is 12.3. The predicted octanol–water partition coefficient (Wildman–Crippen LogP) is 3.30. The number of hydrogen-bond acceptors (Lipinski definition) is 4. The van der Waals surface area contributed by atoms with Gasteiger partial charge in [-0.15, -0.1) is 0 Å². The van der Waals surface area contributed by atoms with Crippen LogP contribution in [0.3, 0.4) is 0 Å². The Labute approximate surface area is 131 Å². The second kappa shape index (κ2) is 6.49. The Balaban J connectivity index is 2.30. The van der Waals surface area contributed by atoms with Crippen molar-refractivity contribution in [3.8, 4) is 11.5 Å². The molecule has 0 aliphatic heterocycles. The summed E-state index contributed by atoms with van der Waals surface area (Å²) >= 11 is 3.36. The molecule has 0 atom stereocenters. The van der Waals surface area contributed by atoms with Crippen LogP contribution < -0.4 is 20.5 Å². The maximum atomic E-state index is 12.3. The molecule has 2 aromatic carbocycles. The summed E-state index contributed by atoms with van der Waals surface area (Å²) in [6.45, 7) is 0. The van der Waals surface area contributed by atoms with Gasteiger partial charge in [0.15, 0.2) is 0 Å². The van der Waals surface area contributed by atoms with E-state index in [2.05, 4.69) is 21.2 Å². The van der Waals surface area contributed by atoms with Gasteiger partial charge in [-0.1, -0.05) is 15.9 Å².